The first-order valence-electron chi connectivity index (χ1n) is 5.97. The number of hydrogen-bond donors (Lipinski definition) is 1. The van der Waals surface area contributed by atoms with Crippen molar-refractivity contribution in [1.82, 2.24) is 5.32 Å². The monoisotopic (exact) mass is 227 g/mol. The van der Waals surface area contributed by atoms with Crippen LogP contribution in [0.3, 0.4) is 0 Å². The summed E-state index contributed by atoms with van der Waals surface area (Å²) < 4.78 is 4.85. The second-order valence-corrected chi connectivity index (χ2v) is 4.71. The van der Waals surface area contributed by atoms with Gasteiger partial charge in [0.2, 0.25) is 5.91 Å². The molecule has 92 valence electrons. The summed E-state index contributed by atoms with van der Waals surface area (Å²) in [4.78, 5) is 23.3. The maximum Gasteiger partial charge on any atom is 0.328 e. The van der Waals surface area contributed by atoms with E-state index in [1.165, 1.54) is 0 Å². The molecule has 16 heavy (non-hydrogen) atoms. The molecule has 4 nitrogen and oxygen atoms in total. The van der Waals surface area contributed by atoms with Crippen LogP contribution >= 0.6 is 0 Å². The van der Waals surface area contributed by atoms with Crippen molar-refractivity contribution < 1.29 is 14.3 Å². The van der Waals surface area contributed by atoms with Gasteiger partial charge in [0.25, 0.3) is 0 Å². The van der Waals surface area contributed by atoms with E-state index in [1.807, 2.05) is 6.92 Å². The minimum absolute atomic E-state index is 0.0226. The van der Waals surface area contributed by atoms with Gasteiger partial charge in [-0.25, -0.2) is 4.79 Å². The summed E-state index contributed by atoms with van der Waals surface area (Å²) in [7, 11) is 0. The number of rotatable bonds is 4. The average molecular weight is 227 g/mol. The molecule has 0 heterocycles. The smallest absolute Gasteiger partial charge is 0.328 e. The number of ether oxygens (including phenoxy) is 1. The quantitative estimate of drug-likeness (QED) is 0.743. The summed E-state index contributed by atoms with van der Waals surface area (Å²) in [5, 5.41) is 2.73. The van der Waals surface area contributed by atoms with Crippen LogP contribution in [-0.2, 0) is 14.3 Å². The molecular weight excluding hydrogens is 206 g/mol. The largest absolute Gasteiger partial charge is 0.464 e. The molecule has 1 aliphatic carbocycles. The zero-order chi connectivity index (χ0) is 12.2. The van der Waals surface area contributed by atoms with Gasteiger partial charge in [0.05, 0.1) is 6.61 Å². The topological polar surface area (TPSA) is 55.4 Å². The first kappa shape index (κ1) is 13.0. The van der Waals surface area contributed by atoms with E-state index >= 15 is 0 Å². The number of hydrogen-bond acceptors (Lipinski definition) is 3. The van der Waals surface area contributed by atoms with Gasteiger partial charge in [0.1, 0.15) is 6.04 Å². The highest BCUT2D eigenvalue weighted by Crippen LogP contribution is 2.37. The Labute approximate surface area is 96.7 Å². The number of esters is 1. The lowest BCUT2D eigenvalue weighted by Gasteiger charge is -2.24. The van der Waals surface area contributed by atoms with E-state index < -0.39 is 6.04 Å². The van der Waals surface area contributed by atoms with Gasteiger partial charge in [0, 0.05) is 5.41 Å². The van der Waals surface area contributed by atoms with E-state index in [9.17, 15) is 9.59 Å². The van der Waals surface area contributed by atoms with Gasteiger partial charge in [-0.1, -0.05) is 19.8 Å². The highest BCUT2D eigenvalue weighted by Gasteiger charge is 2.37. The predicted octanol–water partition coefficient (Wildman–Crippen LogP) is 1.63. The maximum absolute atomic E-state index is 12.0. The van der Waals surface area contributed by atoms with E-state index in [1.54, 1.807) is 13.8 Å². The van der Waals surface area contributed by atoms with Crippen LogP contribution in [-0.4, -0.2) is 24.5 Å². The van der Waals surface area contributed by atoms with Crippen molar-refractivity contribution in [3.05, 3.63) is 0 Å². The van der Waals surface area contributed by atoms with Crippen LogP contribution in [0, 0.1) is 5.41 Å². The van der Waals surface area contributed by atoms with Crippen LogP contribution in [0.5, 0.6) is 0 Å². The molecule has 0 aliphatic heterocycles. The van der Waals surface area contributed by atoms with E-state index in [0.29, 0.717) is 6.61 Å². The molecule has 1 fully saturated rings. The second kappa shape index (κ2) is 5.32. The van der Waals surface area contributed by atoms with Gasteiger partial charge in [-0.3, -0.25) is 4.79 Å². The highest BCUT2D eigenvalue weighted by molar-refractivity contribution is 5.87. The van der Waals surface area contributed by atoms with Crippen LogP contribution < -0.4 is 5.32 Å². The van der Waals surface area contributed by atoms with Crippen molar-refractivity contribution >= 4 is 11.9 Å². The SMILES string of the molecule is CCOC(=O)C(C)NC(=O)C1(C)CCCC1. The fourth-order valence-electron chi connectivity index (χ4n) is 2.08. The number of nitrogens with one attached hydrogen (secondary N) is 1. The summed E-state index contributed by atoms with van der Waals surface area (Å²) in [6, 6.07) is -0.551. The highest BCUT2D eigenvalue weighted by atomic mass is 16.5. The molecule has 1 N–H and O–H groups in total. The third-order valence-corrected chi connectivity index (χ3v) is 3.24. The minimum Gasteiger partial charge on any atom is -0.464 e. The predicted molar refractivity (Wildman–Crippen MR) is 60.8 cm³/mol. The lowest BCUT2D eigenvalue weighted by molar-refractivity contribution is -0.148. The fraction of sp³-hybridized carbons (Fsp3) is 0.833. The summed E-state index contributed by atoms with van der Waals surface area (Å²) >= 11 is 0. The second-order valence-electron chi connectivity index (χ2n) is 4.71. The molecule has 1 rings (SSSR count). The Morgan fingerprint density at radius 1 is 1.38 bits per heavy atom. The van der Waals surface area contributed by atoms with Gasteiger partial charge < -0.3 is 10.1 Å². The van der Waals surface area contributed by atoms with Gasteiger partial charge in [-0.2, -0.15) is 0 Å². The van der Waals surface area contributed by atoms with Crippen molar-refractivity contribution in [2.24, 2.45) is 5.41 Å². The average Bonchev–Trinajstić information content (AvgIpc) is 2.66. The number of amides is 1. The first-order chi connectivity index (χ1) is 7.49. The Balaban J connectivity index is 2.47. The number of carbonyl (C=O) groups is 2. The first-order valence-corrected chi connectivity index (χ1v) is 5.97. The molecule has 0 aromatic heterocycles. The van der Waals surface area contributed by atoms with Crippen molar-refractivity contribution in [2.45, 2.75) is 52.5 Å². The van der Waals surface area contributed by atoms with Crippen LogP contribution in [0.15, 0.2) is 0 Å². The van der Waals surface area contributed by atoms with Crippen LogP contribution in [0.4, 0.5) is 0 Å². The Morgan fingerprint density at radius 2 is 1.94 bits per heavy atom. The van der Waals surface area contributed by atoms with Crippen molar-refractivity contribution in [3.8, 4) is 0 Å². The van der Waals surface area contributed by atoms with Gasteiger partial charge in [0.15, 0.2) is 0 Å². The molecule has 4 heteroatoms. The Hall–Kier alpha value is -1.06. The minimum atomic E-state index is -0.551. The molecule has 0 radical (unpaired) electrons. The molecule has 1 saturated carbocycles. The molecule has 0 aromatic rings. The third-order valence-electron chi connectivity index (χ3n) is 3.24. The van der Waals surface area contributed by atoms with E-state index in [2.05, 4.69) is 5.32 Å². The molecule has 0 aromatic carbocycles. The third kappa shape index (κ3) is 2.97. The van der Waals surface area contributed by atoms with Gasteiger partial charge >= 0.3 is 5.97 Å². The summed E-state index contributed by atoms with van der Waals surface area (Å²) in [6.07, 6.45) is 4.01. The van der Waals surface area contributed by atoms with Gasteiger partial charge in [-0.15, -0.1) is 0 Å². The lowest BCUT2D eigenvalue weighted by Crippen LogP contribution is -2.45. The fourth-order valence-corrected chi connectivity index (χ4v) is 2.08. The molecular formula is C12H21NO3. The van der Waals surface area contributed by atoms with E-state index in [-0.39, 0.29) is 17.3 Å². The molecule has 0 saturated heterocycles. The Morgan fingerprint density at radius 3 is 2.44 bits per heavy atom. The van der Waals surface area contributed by atoms with Crippen LogP contribution in [0.1, 0.15) is 46.5 Å². The van der Waals surface area contributed by atoms with Gasteiger partial charge in [-0.05, 0) is 26.7 Å². The molecule has 1 amide bonds. The zero-order valence-electron chi connectivity index (χ0n) is 10.3. The van der Waals surface area contributed by atoms with E-state index in [4.69, 9.17) is 4.74 Å². The van der Waals surface area contributed by atoms with Crippen molar-refractivity contribution in [2.75, 3.05) is 6.61 Å². The van der Waals surface area contributed by atoms with Crippen LogP contribution in [0.25, 0.3) is 0 Å². The molecule has 0 spiro atoms. The lowest BCUT2D eigenvalue weighted by atomic mass is 9.87. The standard InChI is InChI=1S/C12H21NO3/c1-4-16-10(14)9(2)13-11(15)12(3)7-5-6-8-12/h9H,4-8H2,1-3H3,(H,13,15). The Bertz CT molecular complexity index is 269. The van der Waals surface area contributed by atoms with Crippen molar-refractivity contribution in [3.63, 3.8) is 0 Å². The summed E-state index contributed by atoms with van der Waals surface area (Å²) in [5.41, 5.74) is -0.291. The van der Waals surface area contributed by atoms with E-state index in [0.717, 1.165) is 25.7 Å². The van der Waals surface area contributed by atoms with Crippen LogP contribution in [0.2, 0.25) is 0 Å². The number of carbonyl (C=O) groups excluding carboxylic acids is 2. The van der Waals surface area contributed by atoms with Crippen molar-refractivity contribution in [1.29, 1.82) is 0 Å². The summed E-state index contributed by atoms with van der Waals surface area (Å²) in [6.45, 7) is 5.72. The zero-order valence-corrected chi connectivity index (χ0v) is 10.3. The molecule has 1 aliphatic rings. The Kier molecular flexibility index (Phi) is 4.33. The molecule has 0 bridgehead atoms. The molecule has 1 atom stereocenters. The molecule has 1 unspecified atom stereocenters. The summed E-state index contributed by atoms with van der Waals surface area (Å²) in [5.74, 6) is -0.386. The maximum atomic E-state index is 12.0. The normalized spacial score (nSPS) is 20.2.